The number of aliphatic carboxylic acids is 1. The predicted octanol–water partition coefficient (Wildman–Crippen LogP) is 2.28. The van der Waals surface area contributed by atoms with E-state index in [-0.39, 0.29) is 6.42 Å². The Bertz CT molecular complexity index is 316. The smallest absolute Gasteiger partial charge is 0.303 e. The largest absolute Gasteiger partial charge is 0.481 e. The number of hydrogen-bond acceptors (Lipinski definition) is 2. The van der Waals surface area contributed by atoms with Gasteiger partial charge in [0.15, 0.2) is 0 Å². The second kappa shape index (κ2) is 7.01. The van der Waals surface area contributed by atoms with Gasteiger partial charge in [-0.15, -0.1) is 0 Å². The van der Waals surface area contributed by atoms with E-state index in [4.69, 9.17) is 9.84 Å². The van der Waals surface area contributed by atoms with Gasteiger partial charge in [-0.05, 0) is 30.4 Å². The van der Waals surface area contributed by atoms with E-state index >= 15 is 0 Å². The van der Waals surface area contributed by atoms with Gasteiger partial charge in [-0.2, -0.15) is 0 Å². The van der Waals surface area contributed by atoms with Crippen molar-refractivity contribution in [3.63, 3.8) is 0 Å². The van der Waals surface area contributed by atoms with Crippen LogP contribution in [0.1, 0.15) is 24.0 Å². The van der Waals surface area contributed by atoms with Crippen LogP contribution < -0.4 is 0 Å². The quantitative estimate of drug-likeness (QED) is 0.770. The summed E-state index contributed by atoms with van der Waals surface area (Å²) < 4.78 is 5.00. The molecule has 3 heteroatoms. The average Bonchev–Trinajstić information content (AvgIpc) is 2.27. The molecule has 0 atom stereocenters. The second-order valence-corrected chi connectivity index (χ2v) is 3.81. The second-order valence-electron chi connectivity index (χ2n) is 3.81. The van der Waals surface area contributed by atoms with Gasteiger partial charge in [-0.3, -0.25) is 4.79 Å². The van der Waals surface area contributed by atoms with Gasteiger partial charge in [0.2, 0.25) is 0 Å². The van der Waals surface area contributed by atoms with Gasteiger partial charge >= 0.3 is 5.97 Å². The molecule has 1 N–H and O–H groups in total. The number of carboxylic acids is 1. The standard InChI is InChI=1S/C13H18O3/c1-16-10-9-12-7-5-11(6-8-12)3-2-4-13(14)15/h5-8H,2-4,9-10H2,1H3,(H,14,15). The van der Waals surface area contributed by atoms with Crippen molar-refractivity contribution < 1.29 is 14.6 Å². The summed E-state index contributed by atoms with van der Waals surface area (Å²) in [6.07, 6.45) is 2.70. The number of carboxylic acid groups (broad SMARTS) is 1. The van der Waals surface area contributed by atoms with Crippen molar-refractivity contribution in [1.82, 2.24) is 0 Å². The molecule has 1 rings (SSSR count). The Morgan fingerprint density at radius 1 is 1.19 bits per heavy atom. The topological polar surface area (TPSA) is 46.5 Å². The van der Waals surface area contributed by atoms with Gasteiger partial charge < -0.3 is 9.84 Å². The molecule has 1 aromatic carbocycles. The zero-order valence-corrected chi connectivity index (χ0v) is 9.61. The van der Waals surface area contributed by atoms with Crippen molar-refractivity contribution in [1.29, 1.82) is 0 Å². The number of methoxy groups -OCH3 is 1. The van der Waals surface area contributed by atoms with E-state index in [0.29, 0.717) is 6.42 Å². The summed E-state index contributed by atoms with van der Waals surface area (Å²) in [6, 6.07) is 8.28. The maximum absolute atomic E-state index is 10.3. The molecular weight excluding hydrogens is 204 g/mol. The molecule has 0 aliphatic heterocycles. The molecule has 3 nitrogen and oxygen atoms in total. The molecule has 0 saturated heterocycles. The van der Waals surface area contributed by atoms with Crippen molar-refractivity contribution in [2.75, 3.05) is 13.7 Å². The van der Waals surface area contributed by atoms with Crippen molar-refractivity contribution in [2.45, 2.75) is 25.7 Å². The zero-order valence-electron chi connectivity index (χ0n) is 9.61. The molecule has 16 heavy (non-hydrogen) atoms. The normalized spacial score (nSPS) is 10.3. The average molecular weight is 222 g/mol. The molecule has 0 radical (unpaired) electrons. The van der Waals surface area contributed by atoms with E-state index in [1.165, 1.54) is 11.1 Å². The summed E-state index contributed by atoms with van der Waals surface area (Å²) >= 11 is 0. The van der Waals surface area contributed by atoms with Gasteiger partial charge in [0.25, 0.3) is 0 Å². The number of ether oxygens (including phenoxy) is 1. The fraction of sp³-hybridized carbons (Fsp3) is 0.462. The van der Waals surface area contributed by atoms with Crippen molar-refractivity contribution >= 4 is 5.97 Å². The van der Waals surface area contributed by atoms with Crippen LogP contribution in [-0.2, 0) is 22.4 Å². The minimum absolute atomic E-state index is 0.241. The SMILES string of the molecule is COCCc1ccc(CCCC(=O)O)cc1. The molecule has 0 fully saturated rings. The van der Waals surface area contributed by atoms with Gasteiger partial charge in [-0.25, -0.2) is 0 Å². The molecule has 0 amide bonds. The third-order valence-corrected chi connectivity index (χ3v) is 2.47. The van der Waals surface area contributed by atoms with Crippen LogP contribution in [0.25, 0.3) is 0 Å². The summed E-state index contributed by atoms with van der Waals surface area (Å²) in [4.78, 5) is 10.3. The number of rotatable bonds is 7. The van der Waals surface area contributed by atoms with Crippen LogP contribution >= 0.6 is 0 Å². The van der Waals surface area contributed by atoms with Crippen molar-refractivity contribution in [3.05, 3.63) is 35.4 Å². The Labute approximate surface area is 96.1 Å². The van der Waals surface area contributed by atoms with Crippen LogP contribution in [0.3, 0.4) is 0 Å². The Hall–Kier alpha value is -1.35. The fourth-order valence-electron chi connectivity index (χ4n) is 1.54. The summed E-state index contributed by atoms with van der Waals surface area (Å²) in [6.45, 7) is 0.734. The number of hydrogen-bond donors (Lipinski definition) is 1. The van der Waals surface area contributed by atoms with Crippen LogP contribution in [0.2, 0.25) is 0 Å². The summed E-state index contributed by atoms with van der Waals surface area (Å²) in [7, 11) is 1.69. The molecule has 0 heterocycles. The molecular formula is C13H18O3. The third-order valence-electron chi connectivity index (χ3n) is 2.47. The maximum atomic E-state index is 10.3. The van der Waals surface area contributed by atoms with Crippen LogP contribution in [0.5, 0.6) is 0 Å². The minimum atomic E-state index is -0.725. The highest BCUT2D eigenvalue weighted by Gasteiger charge is 1.98. The van der Waals surface area contributed by atoms with Crippen LogP contribution in [0.15, 0.2) is 24.3 Å². The molecule has 0 saturated carbocycles. The van der Waals surface area contributed by atoms with Crippen LogP contribution in [0, 0.1) is 0 Å². The van der Waals surface area contributed by atoms with Crippen LogP contribution in [-0.4, -0.2) is 24.8 Å². The maximum Gasteiger partial charge on any atom is 0.303 e. The Kier molecular flexibility index (Phi) is 5.57. The molecule has 0 spiro atoms. The van der Waals surface area contributed by atoms with Gasteiger partial charge in [0.1, 0.15) is 0 Å². The van der Waals surface area contributed by atoms with E-state index < -0.39 is 5.97 Å². The molecule has 0 aromatic heterocycles. The first kappa shape index (κ1) is 12.7. The fourth-order valence-corrected chi connectivity index (χ4v) is 1.54. The lowest BCUT2D eigenvalue weighted by Gasteiger charge is -2.03. The molecule has 0 unspecified atom stereocenters. The monoisotopic (exact) mass is 222 g/mol. The van der Waals surface area contributed by atoms with Gasteiger partial charge in [-0.1, -0.05) is 24.3 Å². The summed E-state index contributed by atoms with van der Waals surface area (Å²) in [5, 5.41) is 8.52. The van der Waals surface area contributed by atoms with E-state index in [9.17, 15) is 4.79 Å². The molecule has 1 aromatic rings. The Morgan fingerprint density at radius 3 is 2.25 bits per heavy atom. The van der Waals surface area contributed by atoms with Crippen molar-refractivity contribution in [3.8, 4) is 0 Å². The summed E-state index contributed by atoms with van der Waals surface area (Å²) in [5.41, 5.74) is 2.45. The minimum Gasteiger partial charge on any atom is -0.481 e. The molecule has 0 aliphatic rings. The number of carbonyl (C=O) groups is 1. The number of benzene rings is 1. The zero-order chi connectivity index (χ0) is 11.8. The first-order valence-corrected chi connectivity index (χ1v) is 5.51. The van der Waals surface area contributed by atoms with E-state index in [2.05, 4.69) is 24.3 Å². The number of aryl methyl sites for hydroxylation is 1. The molecule has 0 bridgehead atoms. The highest BCUT2D eigenvalue weighted by atomic mass is 16.5. The van der Waals surface area contributed by atoms with Crippen LogP contribution in [0.4, 0.5) is 0 Å². The van der Waals surface area contributed by atoms with Gasteiger partial charge in [0, 0.05) is 13.5 Å². The van der Waals surface area contributed by atoms with E-state index in [1.54, 1.807) is 7.11 Å². The first-order chi connectivity index (χ1) is 7.72. The van der Waals surface area contributed by atoms with E-state index in [0.717, 1.165) is 19.4 Å². The van der Waals surface area contributed by atoms with Crippen molar-refractivity contribution in [2.24, 2.45) is 0 Å². The Balaban J connectivity index is 2.36. The predicted molar refractivity (Wildman–Crippen MR) is 62.6 cm³/mol. The lowest BCUT2D eigenvalue weighted by Crippen LogP contribution is -1.97. The lowest BCUT2D eigenvalue weighted by atomic mass is 10.0. The highest BCUT2D eigenvalue weighted by Crippen LogP contribution is 2.08. The lowest BCUT2D eigenvalue weighted by molar-refractivity contribution is -0.137. The van der Waals surface area contributed by atoms with Gasteiger partial charge in [0.05, 0.1) is 6.61 Å². The Morgan fingerprint density at radius 2 is 1.75 bits per heavy atom. The first-order valence-electron chi connectivity index (χ1n) is 5.51. The molecule has 88 valence electrons. The third kappa shape index (κ3) is 4.94. The summed E-state index contributed by atoms with van der Waals surface area (Å²) in [5.74, 6) is -0.725. The molecule has 0 aliphatic carbocycles. The highest BCUT2D eigenvalue weighted by molar-refractivity contribution is 5.66. The van der Waals surface area contributed by atoms with E-state index in [1.807, 2.05) is 0 Å².